The molecule has 1 heterocycles. The Bertz CT molecular complexity index is 255. The van der Waals surface area contributed by atoms with Gasteiger partial charge >= 0.3 is 6.09 Å². The van der Waals surface area contributed by atoms with Crippen molar-refractivity contribution in [3.63, 3.8) is 0 Å². The SMILES string of the molecule is CC(C)(C)C(=O)[C@@H]1CCCN1C(=O)O. The van der Waals surface area contributed by atoms with Gasteiger partial charge in [-0.3, -0.25) is 9.69 Å². The molecule has 0 spiro atoms. The Kier molecular flexibility index (Phi) is 2.83. The number of nitrogens with zero attached hydrogens (tertiary/aromatic N) is 1. The summed E-state index contributed by atoms with van der Waals surface area (Å²) in [6.45, 7) is 5.97. The number of Topliss-reactive ketones (excluding diaryl/α,β-unsaturated/α-hetero) is 1. The Morgan fingerprint density at radius 1 is 1.36 bits per heavy atom. The molecule has 0 saturated carbocycles. The van der Waals surface area contributed by atoms with Crippen LogP contribution in [-0.4, -0.2) is 34.5 Å². The highest BCUT2D eigenvalue weighted by molar-refractivity contribution is 5.91. The molecule has 0 aliphatic carbocycles. The molecular weight excluding hydrogens is 182 g/mol. The first kappa shape index (κ1) is 11.0. The Morgan fingerprint density at radius 3 is 2.36 bits per heavy atom. The highest BCUT2D eigenvalue weighted by atomic mass is 16.4. The largest absolute Gasteiger partial charge is 0.465 e. The summed E-state index contributed by atoms with van der Waals surface area (Å²) in [7, 11) is 0. The van der Waals surface area contributed by atoms with Crippen LogP contribution in [0.3, 0.4) is 0 Å². The van der Waals surface area contributed by atoms with E-state index in [1.54, 1.807) is 0 Å². The van der Waals surface area contributed by atoms with Crippen LogP contribution in [0.25, 0.3) is 0 Å². The van der Waals surface area contributed by atoms with Crippen LogP contribution < -0.4 is 0 Å². The van der Waals surface area contributed by atoms with Gasteiger partial charge in [-0.25, -0.2) is 4.79 Å². The fourth-order valence-corrected chi connectivity index (χ4v) is 1.77. The first-order valence-electron chi connectivity index (χ1n) is 4.88. The number of carboxylic acid groups (broad SMARTS) is 1. The van der Waals surface area contributed by atoms with Gasteiger partial charge in [-0.15, -0.1) is 0 Å². The van der Waals surface area contributed by atoms with Gasteiger partial charge in [0.1, 0.15) is 0 Å². The number of amides is 1. The standard InChI is InChI=1S/C10H17NO3/c1-10(2,3)8(12)7-5-4-6-11(7)9(13)14/h7H,4-6H2,1-3H3,(H,13,14)/t7-/m0/s1. The van der Waals surface area contributed by atoms with Gasteiger partial charge in [0.15, 0.2) is 5.78 Å². The van der Waals surface area contributed by atoms with Gasteiger partial charge in [0.25, 0.3) is 0 Å². The molecule has 1 aliphatic rings. The second-order valence-corrected chi connectivity index (χ2v) is 4.75. The summed E-state index contributed by atoms with van der Waals surface area (Å²) in [4.78, 5) is 24.0. The third-order valence-corrected chi connectivity index (χ3v) is 2.54. The lowest BCUT2D eigenvalue weighted by Gasteiger charge is -2.26. The van der Waals surface area contributed by atoms with Gasteiger partial charge in [0.2, 0.25) is 0 Å². The molecule has 1 rings (SSSR count). The molecule has 80 valence electrons. The number of hydrogen-bond donors (Lipinski definition) is 1. The molecule has 4 nitrogen and oxygen atoms in total. The minimum atomic E-state index is -0.981. The summed E-state index contributed by atoms with van der Waals surface area (Å²) >= 11 is 0. The number of carbonyl (C=O) groups is 2. The Labute approximate surface area is 83.9 Å². The Morgan fingerprint density at radius 2 is 1.93 bits per heavy atom. The van der Waals surface area contributed by atoms with Crippen molar-refractivity contribution in [2.75, 3.05) is 6.54 Å². The molecule has 1 aliphatic heterocycles. The molecule has 4 heteroatoms. The van der Waals surface area contributed by atoms with Gasteiger partial charge < -0.3 is 5.11 Å². The topological polar surface area (TPSA) is 57.6 Å². The number of ketones is 1. The van der Waals surface area contributed by atoms with E-state index < -0.39 is 17.6 Å². The molecule has 1 saturated heterocycles. The van der Waals surface area contributed by atoms with E-state index in [4.69, 9.17) is 5.11 Å². The minimum Gasteiger partial charge on any atom is -0.465 e. The predicted molar refractivity (Wildman–Crippen MR) is 52.2 cm³/mol. The average Bonchev–Trinajstić information content (AvgIpc) is 2.48. The summed E-state index contributed by atoms with van der Waals surface area (Å²) < 4.78 is 0. The fraction of sp³-hybridized carbons (Fsp3) is 0.800. The minimum absolute atomic E-state index is 0.0254. The Hall–Kier alpha value is -1.06. The van der Waals surface area contributed by atoms with Gasteiger partial charge in [0.05, 0.1) is 6.04 Å². The van der Waals surface area contributed by atoms with Crippen LogP contribution in [0.4, 0.5) is 4.79 Å². The summed E-state index contributed by atoms with van der Waals surface area (Å²) in [5, 5.41) is 8.87. The number of rotatable bonds is 1. The monoisotopic (exact) mass is 199 g/mol. The maximum atomic E-state index is 11.9. The van der Waals surface area contributed by atoms with E-state index in [-0.39, 0.29) is 5.78 Å². The van der Waals surface area contributed by atoms with Gasteiger partial charge in [0, 0.05) is 12.0 Å². The summed E-state index contributed by atoms with van der Waals surface area (Å²) in [5.74, 6) is 0.0254. The lowest BCUT2D eigenvalue weighted by atomic mass is 9.85. The zero-order valence-corrected chi connectivity index (χ0v) is 8.91. The lowest BCUT2D eigenvalue weighted by Crippen LogP contribution is -2.44. The van der Waals surface area contributed by atoms with Crippen molar-refractivity contribution in [1.29, 1.82) is 0 Å². The highest BCUT2D eigenvalue weighted by Gasteiger charge is 2.38. The smallest absolute Gasteiger partial charge is 0.407 e. The van der Waals surface area contributed by atoms with Crippen LogP contribution >= 0.6 is 0 Å². The third kappa shape index (κ3) is 2.05. The van der Waals surface area contributed by atoms with E-state index in [0.29, 0.717) is 13.0 Å². The molecule has 1 fully saturated rings. The van der Waals surface area contributed by atoms with Crippen LogP contribution in [0.5, 0.6) is 0 Å². The van der Waals surface area contributed by atoms with Crippen molar-refractivity contribution in [3.8, 4) is 0 Å². The molecule has 0 aromatic carbocycles. The van der Waals surface area contributed by atoms with E-state index in [1.807, 2.05) is 20.8 Å². The maximum absolute atomic E-state index is 11.9. The molecule has 0 unspecified atom stereocenters. The molecule has 1 atom stereocenters. The van der Waals surface area contributed by atoms with Crippen LogP contribution in [0, 0.1) is 5.41 Å². The van der Waals surface area contributed by atoms with Gasteiger partial charge in [-0.05, 0) is 12.8 Å². The predicted octanol–water partition coefficient (Wildman–Crippen LogP) is 1.74. The number of carbonyl (C=O) groups excluding carboxylic acids is 1. The van der Waals surface area contributed by atoms with E-state index in [1.165, 1.54) is 4.90 Å². The molecule has 0 aromatic rings. The maximum Gasteiger partial charge on any atom is 0.407 e. The van der Waals surface area contributed by atoms with Gasteiger partial charge in [-0.1, -0.05) is 20.8 Å². The van der Waals surface area contributed by atoms with Crippen molar-refractivity contribution in [1.82, 2.24) is 4.90 Å². The summed E-state index contributed by atoms with van der Waals surface area (Å²) in [6.07, 6.45) is 0.478. The molecular formula is C10H17NO3. The molecule has 1 amide bonds. The third-order valence-electron chi connectivity index (χ3n) is 2.54. The average molecular weight is 199 g/mol. The highest BCUT2D eigenvalue weighted by Crippen LogP contribution is 2.26. The molecule has 0 radical (unpaired) electrons. The van der Waals surface area contributed by atoms with Crippen molar-refractivity contribution in [2.24, 2.45) is 5.41 Å². The molecule has 14 heavy (non-hydrogen) atoms. The second-order valence-electron chi connectivity index (χ2n) is 4.75. The summed E-state index contributed by atoms with van der Waals surface area (Å²) in [5.41, 5.74) is -0.456. The molecule has 0 bridgehead atoms. The molecule has 0 aromatic heterocycles. The van der Waals surface area contributed by atoms with Crippen LogP contribution in [0.1, 0.15) is 33.6 Å². The van der Waals surface area contributed by atoms with Crippen LogP contribution in [0.15, 0.2) is 0 Å². The van der Waals surface area contributed by atoms with E-state index in [0.717, 1.165) is 6.42 Å². The van der Waals surface area contributed by atoms with Crippen molar-refractivity contribution >= 4 is 11.9 Å². The number of hydrogen-bond acceptors (Lipinski definition) is 2. The number of likely N-dealkylation sites (tertiary alicyclic amines) is 1. The Balaban J connectivity index is 2.77. The normalized spacial score (nSPS) is 22.5. The fourth-order valence-electron chi connectivity index (χ4n) is 1.77. The van der Waals surface area contributed by atoms with Gasteiger partial charge in [-0.2, -0.15) is 0 Å². The zero-order chi connectivity index (χ0) is 10.9. The van der Waals surface area contributed by atoms with Crippen molar-refractivity contribution < 1.29 is 14.7 Å². The van der Waals surface area contributed by atoms with E-state index in [9.17, 15) is 9.59 Å². The first-order valence-corrected chi connectivity index (χ1v) is 4.88. The van der Waals surface area contributed by atoms with E-state index in [2.05, 4.69) is 0 Å². The first-order chi connectivity index (χ1) is 6.34. The van der Waals surface area contributed by atoms with Crippen LogP contribution in [0.2, 0.25) is 0 Å². The van der Waals surface area contributed by atoms with E-state index >= 15 is 0 Å². The summed E-state index contributed by atoms with van der Waals surface area (Å²) in [6, 6.07) is -0.424. The zero-order valence-electron chi connectivity index (χ0n) is 8.91. The quantitative estimate of drug-likeness (QED) is 0.699. The second kappa shape index (κ2) is 3.59. The lowest BCUT2D eigenvalue weighted by molar-refractivity contribution is -0.130. The van der Waals surface area contributed by atoms with Crippen molar-refractivity contribution in [3.05, 3.63) is 0 Å². The van der Waals surface area contributed by atoms with Crippen LogP contribution in [-0.2, 0) is 4.79 Å². The molecule has 1 N–H and O–H groups in total. The van der Waals surface area contributed by atoms with Crippen molar-refractivity contribution in [2.45, 2.75) is 39.7 Å².